The van der Waals surface area contributed by atoms with E-state index in [0.29, 0.717) is 24.5 Å². The van der Waals surface area contributed by atoms with Gasteiger partial charge in [0.15, 0.2) is 0 Å². The minimum absolute atomic E-state index is 0.340. The van der Waals surface area contributed by atoms with Crippen LogP contribution in [0.25, 0.3) is 0 Å². The van der Waals surface area contributed by atoms with Crippen molar-refractivity contribution in [2.75, 3.05) is 19.0 Å². The number of nitrogens with one attached hydrogen (secondary N) is 1. The quantitative estimate of drug-likeness (QED) is 0.838. The van der Waals surface area contributed by atoms with Crippen LogP contribution in [-0.4, -0.2) is 41.7 Å². The number of carboxylic acid groups (broad SMARTS) is 1. The van der Waals surface area contributed by atoms with Crippen molar-refractivity contribution in [3.63, 3.8) is 0 Å². The van der Waals surface area contributed by atoms with Gasteiger partial charge in [0.2, 0.25) is 0 Å². The summed E-state index contributed by atoms with van der Waals surface area (Å²) in [6, 6.07) is 5.69. The molecule has 20 heavy (non-hydrogen) atoms. The SMILES string of the molecule is CCOc1ccccc1NC(=O)N(C)C(CC)C(=O)O. The fourth-order valence-electron chi connectivity index (χ4n) is 1.81. The Morgan fingerprint density at radius 1 is 1.35 bits per heavy atom. The molecule has 1 unspecified atom stereocenters. The number of carboxylic acids is 1. The first-order valence-electron chi connectivity index (χ1n) is 6.49. The number of likely N-dealkylation sites (N-methyl/N-ethyl adjacent to an activating group) is 1. The molecule has 0 saturated carbocycles. The Morgan fingerprint density at radius 2 is 2.00 bits per heavy atom. The van der Waals surface area contributed by atoms with Crippen molar-refractivity contribution in [3.8, 4) is 5.75 Å². The predicted molar refractivity (Wildman–Crippen MR) is 76.1 cm³/mol. The Balaban J connectivity index is 2.82. The number of ether oxygens (including phenoxy) is 1. The van der Waals surface area contributed by atoms with Gasteiger partial charge >= 0.3 is 12.0 Å². The molecule has 2 amide bonds. The Morgan fingerprint density at radius 3 is 2.55 bits per heavy atom. The maximum Gasteiger partial charge on any atom is 0.326 e. The Labute approximate surface area is 118 Å². The highest BCUT2D eigenvalue weighted by Gasteiger charge is 2.25. The van der Waals surface area contributed by atoms with Gasteiger partial charge in [-0.1, -0.05) is 19.1 Å². The predicted octanol–water partition coefficient (Wildman–Crippen LogP) is 2.41. The van der Waals surface area contributed by atoms with Gasteiger partial charge in [-0.3, -0.25) is 0 Å². The van der Waals surface area contributed by atoms with Crippen molar-refractivity contribution in [3.05, 3.63) is 24.3 Å². The van der Waals surface area contributed by atoms with E-state index in [2.05, 4.69) is 5.32 Å². The van der Waals surface area contributed by atoms with Crippen LogP contribution in [-0.2, 0) is 4.79 Å². The van der Waals surface area contributed by atoms with Crippen LogP contribution in [0.3, 0.4) is 0 Å². The molecule has 1 aromatic carbocycles. The van der Waals surface area contributed by atoms with Crippen LogP contribution < -0.4 is 10.1 Å². The fourth-order valence-corrected chi connectivity index (χ4v) is 1.81. The number of para-hydroxylation sites is 2. The molecule has 0 aliphatic heterocycles. The first kappa shape index (κ1) is 15.8. The average molecular weight is 280 g/mol. The summed E-state index contributed by atoms with van der Waals surface area (Å²) in [5.74, 6) is -0.469. The monoisotopic (exact) mass is 280 g/mol. The summed E-state index contributed by atoms with van der Waals surface area (Å²) in [4.78, 5) is 24.3. The van der Waals surface area contributed by atoms with Gasteiger partial charge in [0.1, 0.15) is 11.8 Å². The minimum Gasteiger partial charge on any atom is -0.492 e. The highest BCUT2D eigenvalue weighted by atomic mass is 16.5. The highest BCUT2D eigenvalue weighted by molar-refractivity contribution is 5.93. The summed E-state index contributed by atoms with van der Waals surface area (Å²) in [5.41, 5.74) is 0.520. The van der Waals surface area contributed by atoms with Crippen molar-refractivity contribution in [1.29, 1.82) is 0 Å². The zero-order valence-corrected chi connectivity index (χ0v) is 11.9. The number of carbonyl (C=O) groups is 2. The lowest BCUT2D eigenvalue weighted by molar-refractivity contribution is -0.141. The Hall–Kier alpha value is -2.24. The number of carbonyl (C=O) groups excluding carboxylic acids is 1. The number of amides is 2. The van der Waals surface area contributed by atoms with Gasteiger partial charge in [0, 0.05) is 7.05 Å². The Bertz CT molecular complexity index is 476. The maximum absolute atomic E-state index is 12.1. The van der Waals surface area contributed by atoms with Gasteiger partial charge in [0.25, 0.3) is 0 Å². The molecule has 0 fully saturated rings. The molecule has 0 aliphatic rings. The van der Waals surface area contributed by atoms with Crippen molar-refractivity contribution in [2.45, 2.75) is 26.3 Å². The number of benzene rings is 1. The van der Waals surface area contributed by atoms with Gasteiger partial charge < -0.3 is 20.1 Å². The molecule has 2 N–H and O–H groups in total. The fraction of sp³-hybridized carbons (Fsp3) is 0.429. The first-order valence-corrected chi connectivity index (χ1v) is 6.49. The molecule has 1 rings (SSSR count). The number of nitrogens with zero attached hydrogens (tertiary/aromatic N) is 1. The number of hydrogen-bond donors (Lipinski definition) is 2. The third-order valence-corrected chi connectivity index (χ3v) is 2.89. The zero-order chi connectivity index (χ0) is 15.1. The third kappa shape index (κ3) is 3.88. The molecule has 0 aliphatic carbocycles. The molecule has 110 valence electrons. The number of rotatable bonds is 6. The van der Waals surface area contributed by atoms with Gasteiger partial charge in [0.05, 0.1) is 12.3 Å². The zero-order valence-electron chi connectivity index (χ0n) is 11.9. The summed E-state index contributed by atoms with van der Waals surface area (Å²) < 4.78 is 5.40. The van der Waals surface area contributed by atoms with E-state index in [1.54, 1.807) is 31.2 Å². The van der Waals surface area contributed by atoms with E-state index in [1.165, 1.54) is 11.9 Å². The first-order chi connectivity index (χ1) is 9.51. The molecule has 0 aromatic heterocycles. The highest BCUT2D eigenvalue weighted by Crippen LogP contribution is 2.24. The van der Waals surface area contributed by atoms with E-state index in [-0.39, 0.29) is 0 Å². The minimum atomic E-state index is -1.02. The van der Waals surface area contributed by atoms with Crippen LogP contribution in [0.1, 0.15) is 20.3 Å². The summed E-state index contributed by atoms with van der Waals surface area (Å²) in [5, 5.41) is 11.7. The molecule has 0 bridgehead atoms. The second-order valence-electron chi connectivity index (χ2n) is 4.23. The van der Waals surface area contributed by atoms with Crippen LogP contribution in [0, 0.1) is 0 Å². The van der Waals surface area contributed by atoms with Crippen molar-refractivity contribution in [1.82, 2.24) is 4.90 Å². The van der Waals surface area contributed by atoms with Gasteiger partial charge in [-0.05, 0) is 25.5 Å². The van der Waals surface area contributed by atoms with E-state index in [1.807, 2.05) is 6.92 Å². The number of aliphatic carboxylic acids is 1. The molecule has 1 atom stereocenters. The molecule has 0 radical (unpaired) electrons. The molecule has 6 nitrogen and oxygen atoms in total. The lowest BCUT2D eigenvalue weighted by Gasteiger charge is -2.24. The van der Waals surface area contributed by atoms with Gasteiger partial charge in [-0.25, -0.2) is 9.59 Å². The largest absolute Gasteiger partial charge is 0.492 e. The molecular formula is C14H20N2O4. The molecule has 6 heteroatoms. The van der Waals surface area contributed by atoms with Crippen LogP contribution in [0.5, 0.6) is 5.75 Å². The lowest BCUT2D eigenvalue weighted by Crippen LogP contribution is -2.44. The normalized spacial score (nSPS) is 11.6. The third-order valence-electron chi connectivity index (χ3n) is 2.89. The summed E-state index contributed by atoms with van der Waals surface area (Å²) >= 11 is 0. The smallest absolute Gasteiger partial charge is 0.326 e. The number of urea groups is 1. The van der Waals surface area contributed by atoms with Crippen molar-refractivity contribution < 1.29 is 19.4 Å². The van der Waals surface area contributed by atoms with E-state index in [4.69, 9.17) is 9.84 Å². The van der Waals surface area contributed by atoms with E-state index < -0.39 is 18.0 Å². The van der Waals surface area contributed by atoms with Crippen LogP contribution in [0.2, 0.25) is 0 Å². The van der Waals surface area contributed by atoms with Crippen LogP contribution >= 0.6 is 0 Å². The molecule has 0 spiro atoms. The lowest BCUT2D eigenvalue weighted by atomic mass is 10.2. The maximum atomic E-state index is 12.1. The molecular weight excluding hydrogens is 260 g/mol. The number of anilines is 1. The van der Waals surface area contributed by atoms with E-state index >= 15 is 0 Å². The second-order valence-corrected chi connectivity index (χ2v) is 4.23. The Kier molecular flexibility index (Phi) is 5.83. The molecule has 1 aromatic rings. The summed E-state index contributed by atoms with van der Waals surface area (Å²) in [6.45, 7) is 4.05. The van der Waals surface area contributed by atoms with Crippen LogP contribution in [0.4, 0.5) is 10.5 Å². The number of hydrogen-bond acceptors (Lipinski definition) is 3. The van der Waals surface area contributed by atoms with Gasteiger partial charge in [-0.2, -0.15) is 0 Å². The standard InChI is InChI=1S/C14H20N2O4/c1-4-11(13(17)18)16(3)14(19)15-10-8-6-7-9-12(10)20-5-2/h6-9,11H,4-5H2,1-3H3,(H,15,19)(H,17,18). The van der Waals surface area contributed by atoms with Crippen molar-refractivity contribution >= 4 is 17.7 Å². The second kappa shape index (κ2) is 7.37. The molecule has 0 heterocycles. The summed E-state index contributed by atoms with van der Waals surface area (Å²) in [6.07, 6.45) is 0.340. The average Bonchev–Trinajstić information content (AvgIpc) is 2.41. The van der Waals surface area contributed by atoms with E-state index in [0.717, 1.165) is 0 Å². The molecule has 0 saturated heterocycles. The van der Waals surface area contributed by atoms with Crippen molar-refractivity contribution in [2.24, 2.45) is 0 Å². The summed E-state index contributed by atoms with van der Waals surface area (Å²) in [7, 11) is 1.46. The topological polar surface area (TPSA) is 78.9 Å². The van der Waals surface area contributed by atoms with Crippen LogP contribution in [0.15, 0.2) is 24.3 Å². The van der Waals surface area contributed by atoms with Gasteiger partial charge in [-0.15, -0.1) is 0 Å². The van der Waals surface area contributed by atoms with E-state index in [9.17, 15) is 9.59 Å².